The van der Waals surface area contributed by atoms with Crippen molar-refractivity contribution in [3.63, 3.8) is 0 Å². The van der Waals surface area contributed by atoms with Crippen LogP contribution in [0.4, 0.5) is 14.5 Å². The summed E-state index contributed by atoms with van der Waals surface area (Å²) in [6.07, 6.45) is 4.10. The van der Waals surface area contributed by atoms with Crippen LogP contribution >= 0.6 is 0 Å². The lowest BCUT2D eigenvalue weighted by atomic mass is 9.91. The van der Waals surface area contributed by atoms with Crippen molar-refractivity contribution in [1.29, 1.82) is 0 Å². The minimum atomic E-state index is -2.68. The predicted octanol–water partition coefficient (Wildman–Crippen LogP) is 4.52. The van der Waals surface area contributed by atoms with Gasteiger partial charge in [-0.25, -0.2) is 13.8 Å². The lowest BCUT2D eigenvalue weighted by Gasteiger charge is -2.40. The standard InChI is InChI=1S/C22H33F2N3O2/c1-5-15(4)18(10-14(2)3)25-20(28)17-8-9-19(27-12-22(23,24)13-27)21(26-17)29-11-16-6-7-16/h8-9,14-16,18H,5-7,10-13H2,1-4H3,(H,25,28). The van der Waals surface area contributed by atoms with E-state index in [0.29, 0.717) is 30.0 Å². The van der Waals surface area contributed by atoms with E-state index < -0.39 is 5.92 Å². The molecule has 0 bridgehead atoms. The Bertz CT molecular complexity index is 714. The van der Waals surface area contributed by atoms with E-state index in [9.17, 15) is 13.6 Å². The SMILES string of the molecule is CCC(C)C(CC(C)C)NC(=O)c1ccc(N2CC(F)(F)C2)c(OCC2CC2)n1. The molecule has 1 amide bonds. The summed E-state index contributed by atoms with van der Waals surface area (Å²) in [6, 6.07) is 3.35. The summed E-state index contributed by atoms with van der Waals surface area (Å²) in [4.78, 5) is 18.8. The highest BCUT2D eigenvalue weighted by molar-refractivity contribution is 5.93. The number of hydrogen-bond acceptors (Lipinski definition) is 4. The Morgan fingerprint density at radius 3 is 2.55 bits per heavy atom. The number of nitrogens with zero attached hydrogens (tertiary/aromatic N) is 2. The molecule has 1 saturated carbocycles. The molecule has 1 aliphatic carbocycles. The third kappa shape index (κ3) is 5.80. The fourth-order valence-corrected chi connectivity index (χ4v) is 3.54. The quantitative estimate of drug-likeness (QED) is 0.617. The van der Waals surface area contributed by atoms with Crippen molar-refractivity contribution in [2.45, 2.75) is 65.3 Å². The van der Waals surface area contributed by atoms with Crippen molar-refractivity contribution in [2.75, 3.05) is 24.6 Å². The predicted molar refractivity (Wildman–Crippen MR) is 110 cm³/mol. The van der Waals surface area contributed by atoms with Crippen LogP contribution in [0.15, 0.2) is 12.1 Å². The summed E-state index contributed by atoms with van der Waals surface area (Å²) in [7, 11) is 0. The van der Waals surface area contributed by atoms with Gasteiger partial charge in [-0.05, 0) is 49.1 Å². The summed E-state index contributed by atoms with van der Waals surface area (Å²) in [5, 5.41) is 3.12. The molecule has 2 heterocycles. The second-order valence-corrected chi connectivity index (χ2v) is 9.08. The number of aromatic nitrogens is 1. The van der Waals surface area contributed by atoms with Crippen molar-refractivity contribution in [3.05, 3.63) is 17.8 Å². The number of anilines is 1. The molecule has 0 aromatic carbocycles. The van der Waals surface area contributed by atoms with Crippen LogP contribution < -0.4 is 15.0 Å². The molecule has 2 aliphatic rings. The Morgan fingerprint density at radius 1 is 1.31 bits per heavy atom. The summed E-state index contributed by atoms with van der Waals surface area (Å²) in [6.45, 7) is 8.36. The maximum absolute atomic E-state index is 13.3. The fourth-order valence-electron chi connectivity index (χ4n) is 3.54. The van der Waals surface area contributed by atoms with E-state index in [1.54, 1.807) is 17.0 Å². The summed E-state index contributed by atoms with van der Waals surface area (Å²) in [5.74, 6) is -1.31. The highest BCUT2D eigenvalue weighted by atomic mass is 19.3. The number of pyridine rings is 1. The van der Waals surface area contributed by atoms with Crippen molar-refractivity contribution < 1.29 is 18.3 Å². The lowest BCUT2D eigenvalue weighted by Crippen LogP contribution is -2.56. The van der Waals surface area contributed by atoms with Crippen LogP contribution in [0.2, 0.25) is 0 Å². The molecule has 1 N–H and O–H groups in total. The van der Waals surface area contributed by atoms with Gasteiger partial charge in [0.25, 0.3) is 11.8 Å². The third-order valence-electron chi connectivity index (χ3n) is 5.78. The van der Waals surface area contributed by atoms with Gasteiger partial charge in [0.15, 0.2) is 0 Å². The largest absolute Gasteiger partial charge is 0.476 e. The maximum Gasteiger partial charge on any atom is 0.282 e. The topological polar surface area (TPSA) is 54.5 Å². The van der Waals surface area contributed by atoms with Crippen molar-refractivity contribution >= 4 is 11.6 Å². The third-order valence-corrected chi connectivity index (χ3v) is 5.78. The molecule has 0 radical (unpaired) electrons. The van der Waals surface area contributed by atoms with Gasteiger partial charge in [-0.15, -0.1) is 0 Å². The van der Waals surface area contributed by atoms with Gasteiger partial charge in [0.2, 0.25) is 5.88 Å². The molecule has 2 atom stereocenters. The normalized spacial score (nSPS) is 20.2. The molecule has 3 rings (SSSR count). The van der Waals surface area contributed by atoms with Gasteiger partial charge in [0.1, 0.15) is 11.4 Å². The van der Waals surface area contributed by atoms with Gasteiger partial charge in [0, 0.05) is 6.04 Å². The second-order valence-electron chi connectivity index (χ2n) is 9.08. The van der Waals surface area contributed by atoms with Gasteiger partial charge >= 0.3 is 0 Å². The first-order valence-electron chi connectivity index (χ1n) is 10.8. The second kappa shape index (κ2) is 8.84. The molecule has 1 aromatic heterocycles. The minimum Gasteiger partial charge on any atom is -0.476 e. The maximum atomic E-state index is 13.3. The highest BCUT2D eigenvalue weighted by Crippen LogP contribution is 2.38. The zero-order valence-corrected chi connectivity index (χ0v) is 17.9. The number of halogens is 2. The van der Waals surface area contributed by atoms with Crippen LogP contribution in [0.3, 0.4) is 0 Å². The summed E-state index contributed by atoms with van der Waals surface area (Å²) in [5.41, 5.74) is 0.803. The monoisotopic (exact) mass is 409 g/mol. The number of nitrogens with one attached hydrogen (secondary N) is 1. The van der Waals surface area contributed by atoms with Crippen LogP contribution in [0.1, 0.15) is 63.9 Å². The molecule has 5 nitrogen and oxygen atoms in total. The Hall–Kier alpha value is -1.92. The van der Waals surface area contributed by atoms with Crippen molar-refractivity contribution in [1.82, 2.24) is 10.3 Å². The molecule has 2 unspecified atom stereocenters. The molecule has 7 heteroatoms. The van der Waals surface area contributed by atoms with Gasteiger partial charge in [-0.2, -0.15) is 0 Å². The molecule has 1 saturated heterocycles. The number of carbonyl (C=O) groups excluding carboxylic acids is 1. The zero-order chi connectivity index (χ0) is 21.2. The summed E-state index contributed by atoms with van der Waals surface area (Å²) >= 11 is 0. The summed E-state index contributed by atoms with van der Waals surface area (Å²) < 4.78 is 32.5. The Kier molecular flexibility index (Phi) is 6.64. The fraction of sp³-hybridized carbons (Fsp3) is 0.727. The smallest absolute Gasteiger partial charge is 0.282 e. The Morgan fingerprint density at radius 2 is 2.00 bits per heavy atom. The van der Waals surface area contributed by atoms with Gasteiger partial charge in [-0.1, -0.05) is 34.1 Å². The van der Waals surface area contributed by atoms with E-state index >= 15 is 0 Å². The average molecular weight is 410 g/mol. The van der Waals surface area contributed by atoms with Gasteiger partial charge in [-0.3, -0.25) is 4.79 Å². The van der Waals surface area contributed by atoms with Crippen LogP contribution in [0, 0.1) is 17.8 Å². The average Bonchev–Trinajstić information content (AvgIpc) is 3.47. The van der Waals surface area contributed by atoms with Gasteiger partial charge in [0.05, 0.1) is 19.7 Å². The highest BCUT2D eigenvalue weighted by Gasteiger charge is 2.45. The lowest BCUT2D eigenvalue weighted by molar-refractivity contribution is -0.0265. The van der Waals surface area contributed by atoms with E-state index in [4.69, 9.17) is 4.74 Å². The first-order valence-corrected chi connectivity index (χ1v) is 10.8. The number of ether oxygens (including phenoxy) is 1. The van der Waals surface area contributed by atoms with E-state index in [1.807, 2.05) is 0 Å². The van der Waals surface area contributed by atoms with Gasteiger partial charge < -0.3 is 15.0 Å². The Labute approximate surface area is 172 Å². The van der Waals surface area contributed by atoms with E-state index in [2.05, 4.69) is 38.0 Å². The van der Waals surface area contributed by atoms with Crippen LogP contribution in [0.5, 0.6) is 5.88 Å². The molecule has 1 aliphatic heterocycles. The molecule has 162 valence electrons. The molecular formula is C22H33F2N3O2. The molecule has 1 aromatic rings. The number of hydrogen-bond donors (Lipinski definition) is 1. The van der Waals surface area contributed by atoms with E-state index in [-0.39, 0.29) is 36.6 Å². The molecular weight excluding hydrogens is 376 g/mol. The van der Waals surface area contributed by atoms with E-state index in [1.165, 1.54) is 0 Å². The number of alkyl halides is 2. The first kappa shape index (κ1) is 21.8. The van der Waals surface area contributed by atoms with Crippen molar-refractivity contribution in [3.8, 4) is 5.88 Å². The molecule has 0 spiro atoms. The van der Waals surface area contributed by atoms with Crippen LogP contribution in [0.25, 0.3) is 0 Å². The number of carbonyl (C=O) groups is 1. The van der Waals surface area contributed by atoms with Crippen LogP contribution in [-0.2, 0) is 0 Å². The minimum absolute atomic E-state index is 0.0684. The van der Waals surface area contributed by atoms with E-state index in [0.717, 1.165) is 25.7 Å². The number of amides is 1. The first-order chi connectivity index (χ1) is 13.7. The molecule has 2 fully saturated rings. The number of rotatable bonds is 10. The van der Waals surface area contributed by atoms with Crippen LogP contribution in [-0.4, -0.2) is 42.6 Å². The van der Waals surface area contributed by atoms with Crippen molar-refractivity contribution in [2.24, 2.45) is 17.8 Å². The molecule has 29 heavy (non-hydrogen) atoms. The Balaban J connectivity index is 1.75. The zero-order valence-electron chi connectivity index (χ0n) is 17.9.